The molecule has 2 aliphatic rings. The number of amides is 2. The van der Waals surface area contributed by atoms with Crippen molar-refractivity contribution in [3.8, 4) is 23.0 Å². The summed E-state index contributed by atoms with van der Waals surface area (Å²) in [6, 6.07) is 20.1. The Kier molecular flexibility index (Phi) is 13.1. The lowest BCUT2D eigenvalue weighted by Gasteiger charge is -2.39. The number of anilines is 4. The number of benzene rings is 4. The number of nitrogens with zero attached hydrogens (tertiary/aromatic N) is 5. The fraction of sp³-hybridized carbons (Fsp3) is 0.286. The summed E-state index contributed by atoms with van der Waals surface area (Å²) in [6.07, 6.45) is 4.38. The Hall–Kier alpha value is -7.84. The number of nitrogens with one attached hydrogen (secondary N) is 1. The van der Waals surface area contributed by atoms with Crippen LogP contribution in [0.3, 0.4) is 0 Å². The predicted octanol–water partition coefficient (Wildman–Crippen LogP) is 5.19. The molecule has 1 atom stereocenters. The van der Waals surface area contributed by atoms with Crippen molar-refractivity contribution in [2.75, 3.05) is 75.8 Å². The molecule has 1 unspecified atom stereocenters. The number of hydrogen-bond acceptors (Lipinski definition) is 16. The molecule has 8 rings (SSSR count). The number of methoxy groups -OCH3 is 2. The molecule has 1 spiro atoms. The van der Waals surface area contributed by atoms with E-state index in [0.29, 0.717) is 63.0 Å². The molecule has 4 heterocycles. The second kappa shape index (κ2) is 19.0. The minimum atomic E-state index is -4.84. The molecule has 69 heavy (non-hydrogen) atoms. The zero-order valence-electron chi connectivity index (χ0n) is 39.0. The quantitative estimate of drug-likeness (QED) is 0.0677. The largest absolute Gasteiger partial charge is 0.493 e. The highest BCUT2D eigenvalue weighted by Crippen LogP contribution is 2.54. The molecule has 7 N–H and O–H groups in total. The summed E-state index contributed by atoms with van der Waals surface area (Å²) in [6.45, 7) is 6.04. The maximum absolute atomic E-state index is 14.3. The van der Waals surface area contributed by atoms with Crippen LogP contribution in [-0.2, 0) is 22.2 Å². The minimum absolute atomic E-state index is 0.0189. The normalized spacial score (nSPS) is 15.0. The Morgan fingerprint density at radius 3 is 2.28 bits per heavy atom. The van der Waals surface area contributed by atoms with Crippen molar-refractivity contribution in [3.05, 3.63) is 134 Å². The number of nitrogens with two attached hydrogens (primary N) is 3. The SMILES string of the molecule is CCN(CC)c1ccc2cc(C3=CC4(c5ccc(N(C)C)cc5O3)c3cc(C(=O)NCCCCOc5c(OC)cc(Cc6cnc(N)nc6N)cc5OC)ccc3C(=O)N4S(N)(=O)=O)c(=O)oc2c1. The van der Waals surface area contributed by atoms with Crippen LogP contribution >= 0.6 is 0 Å². The van der Waals surface area contributed by atoms with E-state index < -0.39 is 33.2 Å². The first kappa shape index (κ1) is 47.6. The molecule has 0 radical (unpaired) electrons. The second-order valence-corrected chi connectivity index (χ2v) is 18.0. The third kappa shape index (κ3) is 9.03. The van der Waals surface area contributed by atoms with E-state index in [4.69, 9.17) is 40.0 Å². The van der Waals surface area contributed by atoms with Gasteiger partial charge in [-0.25, -0.2) is 19.2 Å². The lowest BCUT2D eigenvalue weighted by Crippen LogP contribution is -2.51. The van der Waals surface area contributed by atoms with Crippen LogP contribution in [-0.4, -0.2) is 89.1 Å². The molecule has 0 aliphatic carbocycles. The fourth-order valence-electron chi connectivity index (χ4n) is 8.74. The van der Waals surface area contributed by atoms with Crippen molar-refractivity contribution in [2.24, 2.45) is 5.14 Å². The van der Waals surface area contributed by atoms with Crippen molar-refractivity contribution >= 4 is 61.9 Å². The van der Waals surface area contributed by atoms with Gasteiger partial charge in [0.2, 0.25) is 11.7 Å². The maximum Gasteiger partial charge on any atom is 0.347 e. The van der Waals surface area contributed by atoms with Crippen LogP contribution in [0.2, 0.25) is 0 Å². The third-order valence-corrected chi connectivity index (χ3v) is 13.1. The van der Waals surface area contributed by atoms with E-state index in [1.54, 1.807) is 36.5 Å². The Bertz CT molecular complexity index is 3180. The Labute approximate surface area is 398 Å². The monoisotopic (exact) mass is 959 g/mol. The number of hydrogen-bond donors (Lipinski definition) is 4. The highest BCUT2D eigenvalue weighted by Gasteiger charge is 2.57. The van der Waals surface area contributed by atoms with Gasteiger partial charge in [-0.2, -0.15) is 13.4 Å². The van der Waals surface area contributed by atoms with Crippen LogP contribution in [0.5, 0.6) is 23.0 Å². The molecule has 0 saturated heterocycles. The summed E-state index contributed by atoms with van der Waals surface area (Å²) in [5, 5.41) is 9.41. The van der Waals surface area contributed by atoms with Gasteiger partial charge in [0.15, 0.2) is 11.5 Å². The third-order valence-electron chi connectivity index (χ3n) is 12.2. The number of ether oxygens (including phenoxy) is 4. The highest BCUT2D eigenvalue weighted by molar-refractivity contribution is 7.87. The number of aromatic nitrogens is 2. The summed E-state index contributed by atoms with van der Waals surface area (Å²) >= 11 is 0. The molecule has 6 aromatic rings. The molecule has 2 aliphatic heterocycles. The van der Waals surface area contributed by atoms with E-state index in [-0.39, 0.29) is 64.2 Å². The molecule has 20 heteroatoms. The molecular weight excluding hydrogens is 907 g/mol. The summed E-state index contributed by atoms with van der Waals surface area (Å²) in [4.78, 5) is 54.2. The van der Waals surface area contributed by atoms with Gasteiger partial charge in [0.05, 0.1) is 20.8 Å². The second-order valence-electron chi connectivity index (χ2n) is 16.6. The summed E-state index contributed by atoms with van der Waals surface area (Å²) in [5.74, 6) is 0.280. The van der Waals surface area contributed by atoms with Gasteiger partial charge < -0.3 is 49.9 Å². The number of carbonyl (C=O) groups is 2. The van der Waals surface area contributed by atoms with Crippen LogP contribution in [0.1, 0.15) is 75.2 Å². The number of carbonyl (C=O) groups excluding carboxylic acids is 2. The molecule has 0 bridgehead atoms. The molecule has 19 nitrogen and oxygen atoms in total. The van der Waals surface area contributed by atoms with Crippen molar-refractivity contribution in [2.45, 2.75) is 38.6 Å². The number of rotatable bonds is 17. The highest BCUT2D eigenvalue weighted by atomic mass is 32.2. The van der Waals surface area contributed by atoms with Gasteiger partial charge in [-0.05, 0) is 92.9 Å². The van der Waals surface area contributed by atoms with Crippen LogP contribution in [0.15, 0.2) is 94.3 Å². The van der Waals surface area contributed by atoms with Gasteiger partial charge in [-0.1, -0.05) is 6.07 Å². The topological polar surface area (TPSA) is 261 Å². The molecular formula is C49H53N9O10S. The Balaban J connectivity index is 1.07. The summed E-state index contributed by atoms with van der Waals surface area (Å²) in [7, 11) is 1.83. The first-order valence-electron chi connectivity index (χ1n) is 22.1. The van der Waals surface area contributed by atoms with Gasteiger partial charge in [0.25, 0.3) is 11.8 Å². The predicted molar refractivity (Wildman–Crippen MR) is 262 cm³/mol. The average molecular weight is 960 g/mol. The van der Waals surface area contributed by atoms with E-state index in [1.165, 1.54) is 38.5 Å². The first-order valence-corrected chi connectivity index (χ1v) is 23.6. The zero-order valence-corrected chi connectivity index (χ0v) is 39.8. The van der Waals surface area contributed by atoms with Crippen molar-refractivity contribution < 1.29 is 41.4 Å². The lowest BCUT2D eigenvalue weighted by atomic mass is 9.80. The Morgan fingerprint density at radius 2 is 1.61 bits per heavy atom. The maximum atomic E-state index is 14.3. The van der Waals surface area contributed by atoms with Crippen LogP contribution in [0.4, 0.5) is 23.1 Å². The van der Waals surface area contributed by atoms with E-state index >= 15 is 0 Å². The lowest BCUT2D eigenvalue weighted by molar-refractivity contribution is 0.0831. The molecule has 2 aromatic heterocycles. The van der Waals surface area contributed by atoms with Crippen LogP contribution in [0, 0.1) is 0 Å². The molecule has 0 fully saturated rings. The van der Waals surface area contributed by atoms with Gasteiger partial charge in [-0.15, -0.1) is 0 Å². The summed E-state index contributed by atoms with van der Waals surface area (Å²) in [5.41, 5.74) is 12.8. The van der Waals surface area contributed by atoms with Crippen molar-refractivity contribution in [1.82, 2.24) is 19.6 Å². The van der Waals surface area contributed by atoms with Crippen LogP contribution in [0.25, 0.3) is 16.7 Å². The zero-order chi connectivity index (χ0) is 49.4. The molecule has 4 aromatic carbocycles. The summed E-state index contributed by atoms with van der Waals surface area (Å²) < 4.78 is 57.7. The van der Waals surface area contributed by atoms with E-state index in [2.05, 4.69) is 20.2 Å². The molecule has 0 saturated carbocycles. The molecule has 2 amide bonds. The van der Waals surface area contributed by atoms with Crippen LogP contribution < -0.4 is 56.3 Å². The number of unbranched alkanes of at least 4 members (excludes halogenated alkanes) is 1. The fourth-order valence-corrected chi connectivity index (χ4v) is 9.72. The van der Waals surface area contributed by atoms with E-state index in [1.807, 2.05) is 57.1 Å². The number of nitrogen functional groups attached to an aromatic ring is 2. The van der Waals surface area contributed by atoms with E-state index in [9.17, 15) is 22.8 Å². The van der Waals surface area contributed by atoms with Crippen molar-refractivity contribution in [3.63, 3.8) is 0 Å². The van der Waals surface area contributed by atoms with Gasteiger partial charge >= 0.3 is 15.8 Å². The molecule has 360 valence electrons. The minimum Gasteiger partial charge on any atom is -0.493 e. The van der Waals surface area contributed by atoms with Gasteiger partial charge in [0, 0.05) is 103 Å². The van der Waals surface area contributed by atoms with Gasteiger partial charge in [-0.3, -0.25) is 9.59 Å². The first-order chi connectivity index (χ1) is 33.0. The van der Waals surface area contributed by atoms with Crippen molar-refractivity contribution in [1.29, 1.82) is 0 Å². The van der Waals surface area contributed by atoms with Gasteiger partial charge in [0.1, 0.15) is 34.0 Å². The smallest absolute Gasteiger partial charge is 0.347 e. The standard InChI is InChI=1S/C49H53N9O10S/c1-7-57(8-2)33-13-11-29-22-35(47(61)68-38(29)25-33)42-26-49(36-16-14-32(56(3)4)24-39(36)67-42)37-23-30(12-15-34(37)46(60)58(49)69(52,62)63)45(59)53-17-9-10-18-66-43-40(64-5)20-28(21-41(43)65-6)19-31-27-54-48(51)55-44(31)50/h11-16,20-27H,7-10,17-19H2,1-6H3,(H,53,59)(H2,52,62,63)(H4,50,51,54,55). The number of fused-ring (bicyclic) bond motifs is 5. The Morgan fingerprint density at radius 1 is 0.884 bits per heavy atom. The van der Waals surface area contributed by atoms with E-state index in [0.717, 1.165) is 24.3 Å². The average Bonchev–Trinajstić information content (AvgIpc) is 3.57.